The third-order valence-electron chi connectivity index (χ3n) is 4.59. The van der Waals surface area contributed by atoms with Gasteiger partial charge in [-0.25, -0.2) is 4.39 Å². The zero-order chi connectivity index (χ0) is 19.7. The highest BCUT2D eigenvalue weighted by Gasteiger charge is 2.52. The summed E-state index contributed by atoms with van der Waals surface area (Å²) < 4.78 is 44.4. The van der Waals surface area contributed by atoms with Crippen molar-refractivity contribution < 1.29 is 27.6 Å². The molecule has 26 heavy (non-hydrogen) atoms. The Kier molecular flexibility index (Phi) is 6.20. The van der Waals surface area contributed by atoms with Crippen molar-refractivity contribution in [3.8, 4) is 5.75 Å². The number of carbonyl (C=O) groups excluding carboxylic acids is 1. The van der Waals surface area contributed by atoms with Crippen LogP contribution in [0.1, 0.15) is 40.2 Å². The van der Waals surface area contributed by atoms with Gasteiger partial charge in [-0.15, -0.1) is 0 Å². The first-order chi connectivity index (χ1) is 12.0. The monoisotopic (exact) mass is 384 g/mol. The Morgan fingerprint density at radius 1 is 1.23 bits per heavy atom. The van der Waals surface area contributed by atoms with Crippen molar-refractivity contribution in [1.82, 2.24) is 0 Å². The highest BCUT2D eigenvalue weighted by molar-refractivity contribution is 8.13. The molecule has 0 radical (unpaired) electrons. The molecule has 1 fully saturated rings. The molecule has 0 aliphatic carbocycles. The number of rotatable bonds is 5. The molecule has 0 spiro atoms. The third-order valence-corrected chi connectivity index (χ3v) is 5.47. The van der Waals surface area contributed by atoms with E-state index in [1.165, 1.54) is 20.1 Å². The van der Waals surface area contributed by atoms with Crippen molar-refractivity contribution in [2.75, 3.05) is 12.9 Å². The van der Waals surface area contributed by atoms with Crippen LogP contribution in [0.25, 0.3) is 6.08 Å². The molecule has 142 valence electrons. The quantitative estimate of drug-likeness (QED) is 0.710. The van der Waals surface area contributed by atoms with Crippen LogP contribution in [0.15, 0.2) is 17.6 Å². The van der Waals surface area contributed by atoms with Crippen molar-refractivity contribution in [3.05, 3.63) is 34.8 Å². The molecule has 1 aromatic carbocycles. The lowest BCUT2D eigenvalue weighted by Gasteiger charge is -2.32. The minimum atomic E-state index is -1.04. The van der Waals surface area contributed by atoms with E-state index in [0.717, 1.165) is 17.8 Å². The van der Waals surface area contributed by atoms with E-state index in [4.69, 9.17) is 14.0 Å². The van der Waals surface area contributed by atoms with Crippen LogP contribution in [0.5, 0.6) is 5.75 Å². The lowest BCUT2D eigenvalue weighted by atomic mass is 9.78. The van der Waals surface area contributed by atoms with Crippen LogP contribution in [0, 0.1) is 11.6 Å². The zero-order valence-corrected chi connectivity index (χ0v) is 16.6. The van der Waals surface area contributed by atoms with Gasteiger partial charge in [0, 0.05) is 12.7 Å². The summed E-state index contributed by atoms with van der Waals surface area (Å²) in [4.78, 5) is 11.4. The zero-order valence-electron chi connectivity index (χ0n) is 15.8. The standard InChI is InChI=1S/C18H23BF2O4S/c1-11(22)26-10-13(19-24-17(2,3)18(4,5)25-19)7-12-8-14(20)16(21)15(9-12)23-6/h7-9H,10H2,1-6H3. The van der Waals surface area contributed by atoms with Crippen LogP contribution in [0.3, 0.4) is 0 Å². The van der Waals surface area contributed by atoms with Gasteiger partial charge in [-0.1, -0.05) is 17.8 Å². The maximum Gasteiger partial charge on any atom is 0.491 e. The Morgan fingerprint density at radius 2 is 1.81 bits per heavy atom. The number of thioether (sulfide) groups is 1. The number of hydrogen-bond donors (Lipinski definition) is 0. The molecule has 1 heterocycles. The Balaban J connectivity index is 2.41. The summed E-state index contributed by atoms with van der Waals surface area (Å²) in [7, 11) is 0.581. The Hall–Kier alpha value is -1.38. The fourth-order valence-electron chi connectivity index (χ4n) is 2.39. The van der Waals surface area contributed by atoms with Gasteiger partial charge in [-0.3, -0.25) is 4.79 Å². The van der Waals surface area contributed by atoms with E-state index in [9.17, 15) is 13.6 Å². The average Bonchev–Trinajstić information content (AvgIpc) is 2.74. The largest absolute Gasteiger partial charge is 0.494 e. The molecule has 0 unspecified atom stereocenters. The van der Waals surface area contributed by atoms with Gasteiger partial charge in [0.05, 0.1) is 18.3 Å². The summed E-state index contributed by atoms with van der Waals surface area (Å²) in [6, 6.07) is 2.46. The van der Waals surface area contributed by atoms with Gasteiger partial charge >= 0.3 is 7.12 Å². The number of halogens is 2. The Labute approximate surface area is 157 Å². The number of benzene rings is 1. The maximum atomic E-state index is 13.8. The molecule has 1 aliphatic rings. The van der Waals surface area contributed by atoms with Crippen LogP contribution in [-0.2, 0) is 14.1 Å². The van der Waals surface area contributed by atoms with Crippen molar-refractivity contribution >= 4 is 30.1 Å². The smallest absolute Gasteiger partial charge is 0.491 e. The van der Waals surface area contributed by atoms with E-state index in [-0.39, 0.29) is 10.9 Å². The third kappa shape index (κ3) is 4.47. The van der Waals surface area contributed by atoms with Gasteiger partial charge in [0.15, 0.2) is 16.7 Å². The lowest BCUT2D eigenvalue weighted by molar-refractivity contribution is -0.109. The molecule has 0 atom stereocenters. The summed E-state index contributed by atoms with van der Waals surface area (Å²) >= 11 is 1.10. The van der Waals surface area contributed by atoms with Crippen LogP contribution in [0.2, 0.25) is 0 Å². The van der Waals surface area contributed by atoms with Gasteiger partial charge in [-0.05, 0) is 50.9 Å². The highest BCUT2D eigenvalue weighted by Crippen LogP contribution is 2.39. The van der Waals surface area contributed by atoms with Crippen molar-refractivity contribution in [2.45, 2.75) is 45.8 Å². The number of ether oxygens (including phenoxy) is 1. The molecule has 1 aromatic rings. The van der Waals surface area contributed by atoms with Crippen LogP contribution in [0.4, 0.5) is 8.78 Å². The van der Waals surface area contributed by atoms with Crippen LogP contribution >= 0.6 is 11.8 Å². The molecule has 0 amide bonds. The van der Waals surface area contributed by atoms with E-state index in [1.807, 2.05) is 27.7 Å². The second-order valence-corrected chi connectivity index (χ2v) is 8.26. The number of methoxy groups -OCH3 is 1. The SMILES string of the molecule is COc1cc(C=C(CSC(C)=O)B2OC(C)(C)C(C)(C)O2)cc(F)c1F. The van der Waals surface area contributed by atoms with E-state index in [2.05, 4.69) is 0 Å². The molecule has 0 N–H and O–H groups in total. The summed E-state index contributed by atoms with van der Waals surface area (Å²) in [6.07, 6.45) is 1.64. The van der Waals surface area contributed by atoms with Gasteiger partial charge in [-0.2, -0.15) is 4.39 Å². The first kappa shape index (κ1) is 20.9. The minimum Gasteiger partial charge on any atom is -0.494 e. The molecular weight excluding hydrogens is 361 g/mol. The molecule has 1 saturated heterocycles. The Bertz CT molecular complexity index is 718. The summed E-state index contributed by atoms with van der Waals surface area (Å²) in [5.74, 6) is -1.93. The molecule has 8 heteroatoms. The molecule has 0 saturated carbocycles. The molecule has 4 nitrogen and oxygen atoms in total. The Morgan fingerprint density at radius 3 is 2.31 bits per heavy atom. The van der Waals surface area contributed by atoms with Crippen molar-refractivity contribution in [2.24, 2.45) is 0 Å². The lowest BCUT2D eigenvalue weighted by Crippen LogP contribution is -2.41. The van der Waals surface area contributed by atoms with Crippen LogP contribution < -0.4 is 4.74 Å². The molecule has 0 aromatic heterocycles. The fraction of sp³-hybridized carbons (Fsp3) is 0.500. The number of hydrogen-bond acceptors (Lipinski definition) is 5. The summed E-state index contributed by atoms with van der Waals surface area (Å²) in [6.45, 7) is 9.15. The molecule has 2 rings (SSSR count). The second kappa shape index (κ2) is 7.70. The van der Waals surface area contributed by atoms with E-state index in [0.29, 0.717) is 16.8 Å². The average molecular weight is 384 g/mol. The van der Waals surface area contributed by atoms with E-state index in [1.54, 1.807) is 6.08 Å². The first-order valence-electron chi connectivity index (χ1n) is 8.19. The van der Waals surface area contributed by atoms with E-state index < -0.39 is 30.0 Å². The van der Waals surface area contributed by atoms with E-state index >= 15 is 0 Å². The normalized spacial score (nSPS) is 18.9. The molecule has 0 bridgehead atoms. The predicted molar refractivity (Wildman–Crippen MR) is 100 cm³/mol. The van der Waals surface area contributed by atoms with Crippen molar-refractivity contribution in [1.29, 1.82) is 0 Å². The van der Waals surface area contributed by atoms with Gasteiger partial charge in [0.1, 0.15) is 0 Å². The first-order valence-corrected chi connectivity index (χ1v) is 9.18. The molecule has 1 aliphatic heterocycles. The van der Waals surface area contributed by atoms with Crippen LogP contribution in [-0.4, -0.2) is 36.3 Å². The van der Waals surface area contributed by atoms with Gasteiger partial charge < -0.3 is 14.0 Å². The summed E-state index contributed by atoms with van der Waals surface area (Å²) in [5.41, 5.74) is -0.0567. The van der Waals surface area contributed by atoms with Gasteiger partial charge in [0.25, 0.3) is 0 Å². The topological polar surface area (TPSA) is 44.8 Å². The second-order valence-electron chi connectivity index (χ2n) is 7.11. The summed E-state index contributed by atoms with van der Waals surface area (Å²) in [5, 5.41) is -0.0599. The predicted octanol–water partition coefficient (Wildman–Crippen LogP) is 4.27. The maximum absolute atomic E-state index is 13.8. The fourth-order valence-corrected chi connectivity index (χ4v) is 2.98. The molecular formula is C18H23BF2O4S. The van der Waals surface area contributed by atoms with Gasteiger partial charge in [0.2, 0.25) is 5.82 Å². The highest BCUT2D eigenvalue weighted by atomic mass is 32.2. The minimum absolute atomic E-state index is 0.0599. The number of carbonyl (C=O) groups is 1. The van der Waals surface area contributed by atoms with Crippen molar-refractivity contribution in [3.63, 3.8) is 0 Å².